The predicted octanol–water partition coefficient (Wildman–Crippen LogP) is 2.47. The minimum Gasteiger partial charge on any atom is -0.493 e. The average Bonchev–Trinajstić information content (AvgIpc) is 3.00. The van der Waals surface area contributed by atoms with Gasteiger partial charge in [-0.3, -0.25) is 9.59 Å². The first kappa shape index (κ1) is 18.1. The predicted molar refractivity (Wildman–Crippen MR) is 89.2 cm³/mol. The lowest BCUT2D eigenvalue weighted by atomic mass is 10.1. The van der Waals surface area contributed by atoms with E-state index in [9.17, 15) is 9.59 Å². The maximum absolute atomic E-state index is 11.9. The van der Waals surface area contributed by atoms with E-state index in [0.717, 1.165) is 0 Å². The van der Waals surface area contributed by atoms with Gasteiger partial charge in [0.2, 0.25) is 0 Å². The number of carboxylic acid groups (broad SMARTS) is 1. The van der Waals surface area contributed by atoms with Crippen molar-refractivity contribution >= 4 is 11.9 Å². The Bertz CT molecular complexity index is 572. The molecule has 1 aromatic carbocycles. The monoisotopic (exact) mass is 335 g/mol. The Morgan fingerprint density at radius 1 is 1.25 bits per heavy atom. The van der Waals surface area contributed by atoms with E-state index in [1.807, 2.05) is 12.1 Å². The van der Waals surface area contributed by atoms with E-state index in [1.54, 1.807) is 12.1 Å². The summed E-state index contributed by atoms with van der Waals surface area (Å²) in [5.41, 5.74) is 0. The van der Waals surface area contributed by atoms with Crippen LogP contribution in [0.15, 0.2) is 24.3 Å². The first-order chi connectivity index (χ1) is 11.4. The third kappa shape index (κ3) is 5.76. The molecule has 0 unspecified atom stereocenters. The molecule has 132 valence electrons. The summed E-state index contributed by atoms with van der Waals surface area (Å²) in [4.78, 5) is 22.9. The van der Waals surface area contributed by atoms with Gasteiger partial charge in [-0.1, -0.05) is 19.9 Å². The Labute approximate surface area is 142 Å². The van der Waals surface area contributed by atoms with Crippen molar-refractivity contribution in [1.82, 2.24) is 5.32 Å². The lowest BCUT2D eigenvalue weighted by Crippen LogP contribution is -2.36. The maximum atomic E-state index is 11.9. The van der Waals surface area contributed by atoms with E-state index in [-0.39, 0.29) is 24.5 Å². The van der Waals surface area contributed by atoms with Crippen LogP contribution in [-0.2, 0) is 9.59 Å². The van der Waals surface area contributed by atoms with E-state index in [0.29, 0.717) is 43.3 Å². The number of carbonyl (C=O) groups is 2. The number of carbonyl (C=O) groups excluding carboxylic acids is 1. The number of ether oxygens (including phenoxy) is 2. The van der Waals surface area contributed by atoms with Crippen LogP contribution in [0.1, 0.15) is 33.1 Å². The Hall–Kier alpha value is -2.24. The third-order valence-corrected chi connectivity index (χ3v) is 3.91. The molecule has 6 heteroatoms. The van der Waals surface area contributed by atoms with Crippen molar-refractivity contribution in [3.05, 3.63) is 24.3 Å². The Balaban J connectivity index is 1.75. The molecule has 0 radical (unpaired) electrons. The van der Waals surface area contributed by atoms with Gasteiger partial charge in [0.25, 0.3) is 5.91 Å². The number of aliphatic carboxylic acids is 1. The summed E-state index contributed by atoms with van der Waals surface area (Å²) in [6.45, 7) is 4.67. The van der Waals surface area contributed by atoms with Crippen LogP contribution in [0.4, 0.5) is 0 Å². The van der Waals surface area contributed by atoms with Gasteiger partial charge < -0.3 is 19.9 Å². The summed E-state index contributed by atoms with van der Waals surface area (Å²) >= 11 is 0. The molecule has 6 nitrogen and oxygen atoms in total. The van der Waals surface area contributed by atoms with Crippen LogP contribution < -0.4 is 14.8 Å². The molecule has 1 amide bonds. The molecule has 1 aromatic rings. The number of rotatable bonds is 8. The zero-order chi connectivity index (χ0) is 17.5. The normalized spacial score (nSPS) is 20.0. The molecule has 2 atom stereocenters. The lowest BCUT2D eigenvalue weighted by Gasteiger charge is -2.14. The fraction of sp³-hybridized carbons (Fsp3) is 0.556. The van der Waals surface area contributed by atoms with Crippen LogP contribution in [0.2, 0.25) is 0 Å². The highest BCUT2D eigenvalue weighted by molar-refractivity contribution is 5.78. The van der Waals surface area contributed by atoms with Gasteiger partial charge in [-0.2, -0.15) is 0 Å². The van der Waals surface area contributed by atoms with Gasteiger partial charge in [-0.05, 0) is 37.3 Å². The molecule has 0 heterocycles. The molecule has 0 aromatic heterocycles. The van der Waals surface area contributed by atoms with Gasteiger partial charge in [0.05, 0.1) is 12.5 Å². The Morgan fingerprint density at radius 2 is 1.96 bits per heavy atom. The second-order valence-electron chi connectivity index (χ2n) is 6.58. The van der Waals surface area contributed by atoms with Crippen molar-refractivity contribution in [2.75, 3.05) is 13.2 Å². The van der Waals surface area contributed by atoms with Crippen LogP contribution in [-0.4, -0.2) is 36.2 Å². The first-order valence-corrected chi connectivity index (χ1v) is 8.32. The molecule has 1 aliphatic carbocycles. The molecule has 1 fully saturated rings. The van der Waals surface area contributed by atoms with Gasteiger partial charge in [0.15, 0.2) is 6.61 Å². The highest BCUT2D eigenvalue weighted by Gasteiger charge is 2.30. The molecular weight excluding hydrogens is 310 g/mol. The Morgan fingerprint density at radius 3 is 2.58 bits per heavy atom. The average molecular weight is 335 g/mol. The van der Waals surface area contributed by atoms with Gasteiger partial charge in [-0.15, -0.1) is 0 Å². The van der Waals surface area contributed by atoms with Crippen molar-refractivity contribution in [2.45, 2.75) is 39.2 Å². The number of carboxylic acids is 1. The van der Waals surface area contributed by atoms with Gasteiger partial charge in [-0.25, -0.2) is 0 Å². The maximum Gasteiger partial charge on any atom is 0.306 e. The zero-order valence-electron chi connectivity index (χ0n) is 14.2. The second kappa shape index (κ2) is 8.57. The molecule has 1 aliphatic rings. The van der Waals surface area contributed by atoms with Gasteiger partial charge >= 0.3 is 5.97 Å². The van der Waals surface area contributed by atoms with E-state index in [2.05, 4.69) is 19.2 Å². The van der Waals surface area contributed by atoms with E-state index < -0.39 is 5.97 Å². The van der Waals surface area contributed by atoms with Crippen molar-refractivity contribution < 1.29 is 24.2 Å². The molecule has 1 saturated carbocycles. The van der Waals surface area contributed by atoms with Crippen molar-refractivity contribution in [1.29, 1.82) is 0 Å². The van der Waals surface area contributed by atoms with Gasteiger partial charge in [0, 0.05) is 12.1 Å². The highest BCUT2D eigenvalue weighted by Crippen LogP contribution is 2.25. The van der Waals surface area contributed by atoms with E-state index >= 15 is 0 Å². The zero-order valence-corrected chi connectivity index (χ0v) is 14.2. The second-order valence-corrected chi connectivity index (χ2v) is 6.58. The van der Waals surface area contributed by atoms with E-state index in [1.165, 1.54) is 0 Å². The number of nitrogens with one attached hydrogen (secondary N) is 1. The lowest BCUT2D eigenvalue weighted by molar-refractivity contribution is -0.141. The summed E-state index contributed by atoms with van der Waals surface area (Å²) < 4.78 is 11.1. The molecule has 2 rings (SSSR count). The van der Waals surface area contributed by atoms with Crippen LogP contribution in [0.25, 0.3) is 0 Å². The molecule has 2 N–H and O–H groups in total. The smallest absolute Gasteiger partial charge is 0.306 e. The fourth-order valence-corrected chi connectivity index (χ4v) is 2.67. The minimum atomic E-state index is -0.791. The number of hydrogen-bond acceptors (Lipinski definition) is 4. The summed E-state index contributed by atoms with van der Waals surface area (Å²) in [6, 6.07) is 7.11. The van der Waals surface area contributed by atoms with Crippen molar-refractivity contribution in [3.63, 3.8) is 0 Å². The minimum absolute atomic E-state index is 0.0806. The number of benzene rings is 1. The molecular formula is C18H25NO5. The number of amides is 1. The summed E-state index contributed by atoms with van der Waals surface area (Å²) in [5.74, 6) is 0.330. The van der Waals surface area contributed by atoms with Crippen LogP contribution in [0.3, 0.4) is 0 Å². The quantitative estimate of drug-likeness (QED) is 0.762. The number of hydrogen-bond donors (Lipinski definition) is 2. The Kier molecular flexibility index (Phi) is 6.46. The van der Waals surface area contributed by atoms with Gasteiger partial charge in [0.1, 0.15) is 11.5 Å². The van der Waals surface area contributed by atoms with Crippen molar-refractivity contribution in [2.24, 2.45) is 11.8 Å². The fourth-order valence-electron chi connectivity index (χ4n) is 2.67. The van der Waals surface area contributed by atoms with Crippen LogP contribution in [0, 0.1) is 11.8 Å². The molecule has 0 bridgehead atoms. The third-order valence-electron chi connectivity index (χ3n) is 3.91. The molecule has 0 aliphatic heterocycles. The molecule has 0 saturated heterocycles. The molecule has 24 heavy (non-hydrogen) atoms. The standard InChI is InChI=1S/C18H25NO5/c1-12(2)10-23-15-4-3-5-16(9-15)24-11-17(20)19-14-7-6-13(8-14)18(21)22/h3-5,9,12-14H,6-8,10-11H2,1-2H3,(H,19,20)(H,21,22)/t13-,14+/m1/s1. The summed E-state index contributed by atoms with van der Waals surface area (Å²) in [5, 5.41) is 11.8. The van der Waals surface area contributed by atoms with Crippen molar-refractivity contribution in [3.8, 4) is 11.5 Å². The van der Waals surface area contributed by atoms with Crippen LogP contribution >= 0.6 is 0 Å². The summed E-state index contributed by atoms with van der Waals surface area (Å²) in [7, 11) is 0. The molecule has 0 spiro atoms. The topological polar surface area (TPSA) is 84.9 Å². The van der Waals surface area contributed by atoms with Crippen LogP contribution in [0.5, 0.6) is 11.5 Å². The summed E-state index contributed by atoms with van der Waals surface area (Å²) in [6.07, 6.45) is 1.79. The SMILES string of the molecule is CC(C)COc1cccc(OCC(=O)N[C@H]2CC[C@@H](C(=O)O)C2)c1. The largest absolute Gasteiger partial charge is 0.493 e. The highest BCUT2D eigenvalue weighted by atomic mass is 16.5. The first-order valence-electron chi connectivity index (χ1n) is 8.32. The van der Waals surface area contributed by atoms with E-state index in [4.69, 9.17) is 14.6 Å².